The summed E-state index contributed by atoms with van der Waals surface area (Å²) in [6.07, 6.45) is 1.15. The third-order valence-electron chi connectivity index (χ3n) is 2.93. The van der Waals surface area contributed by atoms with Gasteiger partial charge in [-0.15, -0.1) is 0 Å². The van der Waals surface area contributed by atoms with Crippen LogP contribution in [0, 0.1) is 0 Å². The smallest absolute Gasteiger partial charge is 0.118 e. The maximum absolute atomic E-state index is 5.79. The SMILES string of the molecule is CCCNCc1ccc(CN2CCOCC2)o1. The van der Waals surface area contributed by atoms with Gasteiger partial charge < -0.3 is 14.5 Å². The van der Waals surface area contributed by atoms with Crippen LogP contribution in [-0.4, -0.2) is 37.7 Å². The van der Waals surface area contributed by atoms with Crippen LogP contribution in [0.2, 0.25) is 0 Å². The fraction of sp³-hybridized carbons (Fsp3) is 0.692. The zero-order valence-corrected chi connectivity index (χ0v) is 10.6. The molecular formula is C13H22N2O2. The van der Waals surface area contributed by atoms with Crippen molar-refractivity contribution in [2.75, 3.05) is 32.8 Å². The van der Waals surface area contributed by atoms with Crippen molar-refractivity contribution in [3.05, 3.63) is 23.7 Å². The highest BCUT2D eigenvalue weighted by atomic mass is 16.5. The summed E-state index contributed by atoms with van der Waals surface area (Å²) in [6, 6.07) is 4.15. The molecule has 0 unspecified atom stereocenters. The lowest BCUT2D eigenvalue weighted by molar-refractivity contribution is 0.0312. The van der Waals surface area contributed by atoms with E-state index >= 15 is 0 Å². The van der Waals surface area contributed by atoms with Gasteiger partial charge in [-0.25, -0.2) is 0 Å². The predicted molar refractivity (Wildman–Crippen MR) is 66.8 cm³/mol. The van der Waals surface area contributed by atoms with E-state index in [1.807, 2.05) is 0 Å². The molecule has 0 amide bonds. The summed E-state index contributed by atoms with van der Waals surface area (Å²) in [5, 5.41) is 3.34. The van der Waals surface area contributed by atoms with Gasteiger partial charge in [0.2, 0.25) is 0 Å². The molecule has 1 aliphatic rings. The van der Waals surface area contributed by atoms with Crippen molar-refractivity contribution >= 4 is 0 Å². The van der Waals surface area contributed by atoms with Crippen molar-refractivity contribution in [2.45, 2.75) is 26.4 Å². The van der Waals surface area contributed by atoms with Gasteiger partial charge in [0, 0.05) is 13.1 Å². The van der Waals surface area contributed by atoms with Gasteiger partial charge in [-0.05, 0) is 25.1 Å². The average molecular weight is 238 g/mol. The minimum absolute atomic E-state index is 0.830. The van der Waals surface area contributed by atoms with E-state index in [1.54, 1.807) is 0 Å². The Morgan fingerprint density at radius 3 is 2.76 bits per heavy atom. The maximum atomic E-state index is 5.79. The number of hydrogen-bond donors (Lipinski definition) is 1. The zero-order valence-electron chi connectivity index (χ0n) is 10.6. The fourth-order valence-corrected chi connectivity index (χ4v) is 1.97. The van der Waals surface area contributed by atoms with Crippen LogP contribution in [0.5, 0.6) is 0 Å². The van der Waals surface area contributed by atoms with E-state index in [9.17, 15) is 0 Å². The second kappa shape index (κ2) is 6.79. The van der Waals surface area contributed by atoms with Crippen LogP contribution in [0.25, 0.3) is 0 Å². The Bertz CT molecular complexity index is 319. The molecule has 0 bridgehead atoms. The molecule has 1 fully saturated rings. The van der Waals surface area contributed by atoms with E-state index in [0.717, 1.165) is 63.9 Å². The quantitative estimate of drug-likeness (QED) is 0.764. The molecule has 0 aromatic carbocycles. The summed E-state index contributed by atoms with van der Waals surface area (Å²) in [5.74, 6) is 2.09. The highest BCUT2D eigenvalue weighted by Gasteiger charge is 2.12. The maximum Gasteiger partial charge on any atom is 0.118 e. The van der Waals surface area contributed by atoms with E-state index in [4.69, 9.17) is 9.15 Å². The largest absolute Gasteiger partial charge is 0.463 e. The van der Waals surface area contributed by atoms with E-state index in [0.29, 0.717) is 0 Å². The highest BCUT2D eigenvalue weighted by molar-refractivity contribution is 5.07. The summed E-state index contributed by atoms with van der Waals surface area (Å²) in [5.41, 5.74) is 0. The van der Waals surface area contributed by atoms with Crippen molar-refractivity contribution in [2.24, 2.45) is 0 Å². The number of hydrogen-bond acceptors (Lipinski definition) is 4. The topological polar surface area (TPSA) is 37.6 Å². The van der Waals surface area contributed by atoms with Crippen LogP contribution in [0.3, 0.4) is 0 Å². The molecule has 1 saturated heterocycles. The monoisotopic (exact) mass is 238 g/mol. The molecule has 4 nitrogen and oxygen atoms in total. The lowest BCUT2D eigenvalue weighted by atomic mass is 10.3. The van der Waals surface area contributed by atoms with Gasteiger partial charge >= 0.3 is 0 Å². The van der Waals surface area contributed by atoms with Crippen LogP contribution in [0.1, 0.15) is 24.9 Å². The second-order valence-corrected chi connectivity index (χ2v) is 4.43. The first kappa shape index (κ1) is 12.6. The van der Waals surface area contributed by atoms with Crippen LogP contribution >= 0.6 is 0 Å². The number of furan rings is 1. The first-order valence-corrected chi connectivity index (χ1v) is 6.47. The average Bonchev–Trinajstić information content (AvgIpc) is 2.79. The Balaban J connectivity index is 1.76. The van der Waals surface area contributed by atoms with E-state index < -0.39 is 0 Å². The Kier molecular flexibility index (Phi) is 5.04. The molecule has 1 aliphatic heterocycles. The molecule has 0 radical (unpaired) electrons. The Morgan fingerprint density at radius 1 is 1.24 bits per heavy atom. The van der Waals surface area contributed by atoms with Gasteiger partial charge in [-0.3, -0.25) is 4.90 Å². The standard InChI is InChI=1S/C13H22N2O2/c1-2-5-14-10-12-3-4-13(17-12)11-15-6-8-16-9-7-15/h3-4,14H,2,5-11H2,1H3. The third kappa shape index (κ3) is 4.15. The molecule has 0 atom stereocenters. The first-order chi connectivity index (χ1) is 8.38. The number of morpholine rings is 1. The minimum atomic E-state index is 0.830. The fourth-order valence-electron chi connectivity index (χ4n) is 1.97. The Hall–Kier alpha value is -0.840. The molecule has 17 heavy (non-hydrogen) atoms. The second-order valence-electron chi connectivity index (χ2n) is 4.43. The van der Waals surface area contributed by atoms with Gasteiger partial charge in [-0.2, -0.15) is 0 Å². The van der Waals surface area contributed by atoms with Crippen molar-refractivity contribution in [1.29, 1.82) is 0 Å². The van der Waals surface area contributed by atoms with Crippen LogP contribution in [0.15, 0.2) is 16.5 Å². The highest BCUT2D eigenvalue weighted by Crippen LogP contribution is 2.11. The molecule has 1 aromatic rings. The van der Waals surface area contributed by atoms with Gasteiger partial charge in [0.1, 0.15) is 11.5 Å². The number of nitrogens with one attached hydrogen (secondary N) is 1. The molecule has 2 rings (SSSR count). The third-order valence-corrected chi connectivity index (χ3v) is 2.93. The van der Waals surface area contributed by atoms with Gasteiger partial charge in [0.25, 0.3) is 0 Å². The van der Waals surface area contributed by atoms with Crippen molar-refractivity contribution in [3.8, 4) is 0 Å². The van der Waals surface area contributed by atoms with Crippen molar-refractivity contribution in [1.82, 2.24) is 10.2 Å². The summed E-state index contributed by atoms with van der Waals surface area (Å²) >= 11 is 0. The van der Waals surface area contributed by atoms with Crippen LogP contribution in [0.4, 0.5) is 0 Å². The summed E-state index contributed by atoms with van der Waals surface area (Å²) in [7, 11) is 0. The van der Waals surface area contributed by atoms with Gasteiger partial charge in [0.05, 0.1) is 26.3 Å². The van der Waals surface area contributed by atoms with Crippen LogP contribution < -0.4 is 5.32 Å². The lowest BCUT2D eigenvalue weighted by Gasteiger charge is -2.25. The Morgan fingerprint density at radius 2 is 2.00 bits per heavy atom. The lowest BCUT2D eigenvalue weighted by Crippen LogP contribution is -2.35. The van der Waals surface area contributed by atoms with Crippen LogP contribution in [-0.2, 0) is 17.8 Å². The summed E-state index contributed by atoms with van der Waals surface area (Å²) in [6.45, 7) is 8.62. The Labute approximate surface area is 103 Å². The minimum Gasteiger partial charge on any atom is -0.463 e. The molecule has 2 heterocycles. The normalized spacial score (nSPS) is 17.5. The van der Waals surface area contributed by atoms with Gasteiger partial charge in [-0.1, -0.05) is 6.92 Å². The van der Waals surface area contributed by atoms with E-state index in [1.165, 1.54) is 0 Å². The number of rotatable bonds is 6. The van der Waals surface area contributed by atoms with E-state index in [2.05, 4.69) is 29.3 Å². The number of ether oxygens (including phenoxy) is 1. The predicted octanol–water partition coefficient (Wildman–Crippen LogP) is 1.61. The molecule has 4 heteroatoms. The summed E-state index contributed by atoms with van der Waals surface area (Å²) < 4.78 is 11.1. The molecule has 0 spiro atoms. The summed E-state index contributed by atoms with van der Waals surface area (Å²) in [4.78, 5) is 2.37. The molecule has 1 aromatic heterocycles. The first-order valence-electron chi connectivity index (χ1n) is 6.47. The zero-order chi connectivity index (χ0) is 11.9. The van der Waals surface area contributed by atoms with Crippen molar-refractivity contribution < 1.29 is 9.15 Å². The van der Waals surface area contributed by atoms with E-state index in [-0.39, 0.29) is 0 Å². The molecule has 96 valence electrons. The molecule has 0 aliphatic carbocycles. The molecular weight excluding hydrogens is 216 g/mol. The van der Waals surface area contributed by atoms with Crippen molar-refractivity contribution in [3.63, 3.8) is 0 Å². The molecule has 0 saturated carbocycles. The number of nitrogens with zero attached hydrogens (tertiary/aromatic N) is 1. The van der Waals surface area contributed by atoms with Gasteiger partial charge in [0.15, 0.2) is 0 Å². The molecule has 1 N–H and O–H groups in total.